The van der Waals surface area contributed by atoms with Gasteiger partial charge >= 0.3 is 0 Å². The predicted molar refractivity (Wildman–Crippen MR) is 41.6 cm³/mol. The molecule has 1 aromatic rings. The monoisotopic (exact) mass is 219 g/mol. The third kappa shape index (κ3) is 1.82. The van der Waals surface area contributed by atoms with Gasteiger partial charge in [-0.1, -0.05) is 15.9 Å². The minimum atomic E-state index is -2.46. The molecule has 0 aliphatic carbocycles. The number of rotatable bonds is 1. The number of benzene rings is 1. The zero-order chi connectivity index (χ0) is 7.56. The maximum Gasteiger partial charge on any atom is 0.168 e. The summed E-state index contributed by atoms with van der Waals surface area (Å²) in [7, 11) is -2.46. The van der Waals surface area contributed by atoms with Gasteiger partial charge in [-0.05, 0) is 24.3 Å². The van der Waals surface area contributed by atoms with Crippen molar-refractivity contribution in [3.8, 4) is 0 Å². The molecule has 0 unspecified atom stereocenters. The van der Waals surface area contributed by atoms with Gasteiger partial charge in [0.1, 0.15) is 0 Å². The van der Waals surface area contributed by atoms with Crippen molar-refractivity contribution >= 4 is 26.6 Å². The minimum absolute atomic E-state index is 0.290. The summed E-state index contributed by atoms with van der Waals surface area (Å²) < 4.78 is 21.4. The van der Waals surface area contributed by atoms with E-state index < -0.39 is 10.7 Å². The van der Waals surface area contributed by atoms with Crippen LogP contribution >= 0.6 is 15.9 Å². The summed E-state index contributed by atoms with van der Waals surface area (Å²) in [6.45, 7) is 0. The number of halogens is 1. The Hall–Kier alpha value is -0.350. The molecule has 53 valence electrons. The molecule has 1 rings (SSSR count). The Bertz CT molecular complexity index is 281. The smallest absolute Gasteiger partial charge is 0.168 e. The Morgan fingerprint density at radius 3 is 2.50 bits per heavy atom. The lowest BCUT2D eigenvalue weighted by molar-refractivity contribution is 0.614. The first kappa shape index (κ1) is 7.75. The molecule has 0 amide bonds. The molecule has 0 heterocycles. The fraction of sp³-hybridized carbons (Fsp3) is 0. The third-order valence-electron chi connectivity index (χ3n) is 0.969. The Kier molecular flexibility index (Phi) is 2.45. The van der Waals surface area contributed by atoms with Gasteiger partial charge in [-0.25, -0.2) is 8.42 Å². The second-order valence-corrected chi connectivity index (χ2v) is 3.54. The minimum Gasteiger partial charge on any atom is -0.227 e. The second-order valence-electron chi connectivity index (χ2n) is 1.65. The lowest BCUT2D eigenvalue weighted by Crippen LogP contribution is -1.77. The highest BCUT2D eigenvalue weighted by Gasteiger charge is 1.92. The van der Waals surface area contributed by atoms with Crippen LogP contribution in [0.1, 0.15) is 0 Å². The van der Waals surface area contributed by atoms with Gasteiger partial charge in [0.05, 0.1) is 4.90 Å². The summed E-state index contributed by atoms with van der Waals surface area (Å²) in [5.41, 5.74) is 0. The van der Waals surface area contributed by atoms with Gasteiger partial charge in [0, 0.05) is 4.47 Å². The van der Waals surface area contributed by atoms with Crippen molar-refractivity contribution < 1.29 is 8.42 Å². The molecule has 0 spiro atoms. The van der Waals surface area contributed by atoms with Crippen LogP contribution in [-0.2, 0) is 10.7 Å². The molecule has 0 aliphatic heterocycles. The van der Waals surface area contributed by atoms with Crippen LogP contribution < -0.4 is 0 Å². The quantitative estimate of drug-likeness (QED) is 0.722. The maximum absolute atomic E-state index is 10.3. The maximum atomic E-state index is 10.3. The van der Waals surface area contributed by atoms with E-state index in [0.717, 1.165) is 4.47 Å². The van der Waals surface area contributed by atoms with Crippen LogP contribution in [0.4, 0.5) is 0 Å². The van der Waals surface area contributed by atoms with Crippen molar-refractivity contribution in [2.24, 2.45) is 0 Å². The highest BCUT2D eigenvalue weighted by molar-refractivity contribution is 9.10. The Labute approximate surface area is 69.0 Å². The van der Waals surface area contributed by atoms with Crippen molar-refractivity contribution in [3.05, 3.63) is 28.7 Å². The van der Waals surface area contributed by atoms with Crippen LogP contribution in [0.2, 0.25) is 0 Å². The summed E-state index contributed by atoms with van der Waals surface area (Å²) in [5, 5.41) is 0. The van der Waals surface area contributed by atoms with E-state index in [9.17, 15) is 8.42 Å². The summed E-state index contributed by atoms with van der Waals surface area (Å²) in [4.78, 5) is 0.290. The molecule has 0 atom stereocenters. The average molecular weight is 220 g/mol. The molecule has 1 aromatic carbocycles. The molecule has 10 heavy (non-hydrogen) atoms. The molecule has 1 radical (unpaired) electrons. The largest absolute Gasteiger partial charge is 0.227 e. The predicted octanol–water partition coefficient (Wildman–Crippen LogP) is 1.22. The van der Waals surface area contributed by atoms with Gasteiger partial charge in [0.15, 0.2) is 10.7 Å². The van der Waals surface area contributed by atoms with Gasteiger partial charge in [0.2, 0.25) is 0 Å². The van der Waals surface area contributed by atoms with Crippen LogP contribution in [0.5, 0.6) is 0 Å². The average Bonchev–Trinajstić information content (AvgIpc) is 1.88. The fourth-order valence-electron chi connectivity index (χ4n) is 0.511. The summed E-state index contributed by atoms with van der Waals surface area (Å²) in [6, 6.07) is 7.30. The zero-order valence-electron chi connectivity index (χ0n) is 4.87. The van der Waals surface area contributed by atoms with E-state index in [0.29, 0.717) is 4.90 Å². The zero-order valence-corrected chi connectivity index (χ0v) is 7.35. The SMILES string of the molecule is O=[SH](=O)c1c[c]c(Br)cc1. The van der Waals surface area contributed by atoms with E-state index in [1.165, 1.54) is 12.1 Å². The van der Waals surface area contributed by atoms with Crippen LogP contribution in [0.3, 0.4) is 0 Å². The van der Waals surface area contributed by atoms with Crippen molar-refractivity contribution in [1.29, 1.82) is 0 Å². The Balaban J connectivity index is 3.12. The molecule has 2 nitrogen and oxygen atoms in total. The molecule has 0 saturated heterocycles. The van der Waals surface area contributed by atoms with Crippen LogP contribution in [-0.4, -0.2) is 8.42 Å². The summed E-state index contributed by atoms with van der Waals surface area (Å²) >= 11 is 3.14. The van der Waals surface area contributed by atoms with E-state index in [-0.39, 0.29) is 0 Å². The summed E-state index contributed by atoms with van der Waals surface area (Å²) in [5.74, 6) is 0. The lowest BCUT2D eigenvalue weighted by atomic mass is 10.4. The van der Waals surface area contributed by atoms with Crippen molar-refractivity contribution in [3.63, 3.8) is 0 Å². The van der Waals surface area contributed by atoms with E-state index in [1.54, 1.807) is 6.07 Å². The van der Waals surface area contributed by atoms with Crippen LogP contribution in [0, 0.1) is 6.07 Å². The molecule has 4 heteroatoms. The Morgan fingerprint density at radius 1 is 1.40 bits per heavy atom. The Morgan fingerprint density at radius 2 is 2.10 bits per heavy atom. The number of hydrogen-bond donors (Lipinski definition) is 1. The molecule has 0 aliphatic rings. The number of hydrogen-bond acceptors (Lipinski definition) is 2. The molecular formula is C6H4BrO2S. The van der Waals surface area contributed by atoms with Crippen LogP contribution in [0.15, 0.2) is 27.6 Å². The van der Waals surface area contributed by atoms with Gasteiger partial charge in [-0.3, -0.25) is 0 Å². The standard InChI is InChI=1S/C6H4BrO2S/c7-5-1-3-6(4-2-5)10(8)9/h1,3-4,10H. The van der Waals surface area contributed by atoms with E-state index in [4.69, 9.17) is 0 Å². The topological polar surface area (TPSA) is 34.1 Å². The first-order valence-corrected chi connectivity index (χ1v) is 4.49. The van der Waals surface area contributed by atoms with Gasteiger partial charge in [-0.15, -0.1) is 0 Å². The van der Waals surface area contributed by atoms with E-state index in [2.05, 4.69) is 22.0 Å². The number of thiol groups is 1. The molecule has 0 fully saturated rings. The van der Waals surface area contributed by atoms with Crippen molar-refractivity contribution in [2.45, 2.75) is 4.90 Å². The third-order valence-corrected chi connectivity index (χ3v) is 2.16. The van der Waals surface area contributed by atoms with Gasteiger partial charge in [-0.2, -0.15) is 0 Å². The summed E-state index contributed by atoms with van der Waals surface area (Å²) in [6.07, 6.45) is 0. The molecule has 0 N–H and O–H groups in total. The van der Waals surface area contributed by atoms with E-state index in [1.807, 2.05) is 0 Å². The first-order valence-electron chi connectivity index (χ1n) is 2.52. The first-order chi connectivity index (χ1) is 4.70. The molecular weight excluding hydrogens is 216 g/mol. The molecule has 0 saturated carbocycles. The van der Waals surface area contributed by atoms with Crippen LogP contribution in [0.25, 0.3) is 0 Å². The highest BCUT2D eigenvalue weighted by Crippen LogP contribution is 2.09. The molecule has 0 bridgehead atoms. The second kappa shape index (κ2) is 3.16. The lowest BCUT2D eigenvalue weighted by Gasteiger charge is -1.88. The van der Waals surface area contributed by atoms with Crippen molar-refractivity contribution in [1.82, 2.24) is 0 Å². The van der Waals surface area contributed by atoms with Gasteiger partial charge in [0.25, 0.3) is 0 Å². The van der Waals surface area contributed by atoms with E-state index >= 15 is 0 Å². The van der Waals surface area contributed by atoms with Gasteiger partial charge < -0.3 is 0 Å². The highest BCUT2D eigenvalue weighted by atomic mass is 79.9. The van der Waals surface area contributed by atoms with Crippen molar-refractivity contribution in [2.75, 3.05) is 0 Å². The molecule has 0 aromatic heterocycles. The normalized spacial score (nSPS) is 10.2. The fourth-order valence-corrected chi connectivity index (χ4v) is 1.12.